The normalized spacial score (nSPS) is 19.8. The Hall–Kier alpha value is -3.21. The van der Waals surface area contributed by atoms with E-state index in [4.69, 9.17) is 4.74 Å². The number of likely N-dealkylation sites (tertiary alicyclic amines) is 1. The van der Waals surface area contributed by atoms with E-state index in [1.807, 2.05) is 41.3 Å². The molecular formula is C28H31NO4. The van der Waals surface area contributed by atoms with Crippen molar-refractivity contribution in [2.24, 2.45) is 0 Å². The number of hydrogen-bond acceptors (Lipinski definition) is 4. The van der Waals surface area contributed by atoms with Crippen LogP contribution in [0.5, 0.6) is 0 Å². The molecule has 172 valence electrons. The Balaban J connectivity index is 1.42. The number of ether oxygens (including phenoxy) is 1. The van der Waals surface area contributed by atoms with Crippen LogP contribution in [0.1, 0.15) is 60.0 Å². The molecular weight excluding hydrogens is 414 g/mol. The third-order valence-corrected chi connectivity index (χ3v) is 7.12. The van der Waals surface area contributed by atoms with Crippen molar-refractivity contribution in [3.8, 4) is 0 Å². The number of amides is 1. The summed E-state index contributed by atoms with van der Waals surface area (Å²) in [5.74, 6) is -0.0764. The van der Waals surface area contributed by atoms with Crippen molar-refractivity contribution in [1.82, 2.24) is 4.90 Å². The minimum atomic E-state index is -0.424. The summed E-state index contributed by atoms with van der Waals surface area (Å²) >= 11 is 0. The fourth-order valence-corrected chi connectivity index (χ4v) is 5.19. The zero-order chi connectivity index (χ0) is 23.3. The third kappa shape index (κ3) is 4.92. The molecule has 1 atom stereocenters. The van der Waals surface area contributed by atoms with Crippen molar-refractivity contribution in [2.75, 3.05) is 13.7 Å². The van der Waals surface area contributed by atoms with Crippen LogP contribution in [0.15, 0.2) is 66.7 Å². The number of carbonyl (C=O) groups excluding carboxylic acids is 3. The van der Waals surface area contributed by atoms with Crippen molar-refractivity contribution in [3.05, 3.63) is 83.4 Å². The largest absolute Gasteiger partial charge is 0.465 e. The molecule has 1 amide bonds. The molecule has 4 rings (SSSR count). The standard InChI is InChI=1S/C28H31NO4/c1-33-27(32)22-11-9-21(10-12-22)17-20-29-24(14-16-26(29)31)13-15-25(30)28(18-5-6-19-28)23-7-3-2-4-8-23/h2-4,7-13,15,24H,5-6,14,16-20H2,1H3/t24-/m0/s1. The average molecular weight is 446 g/mol. The third-order valence-electron chi connectivity index (χ3n) is 7.12. The maximum absolute atomic E-state index is 13.4. The first-order valence-corrected chi connectivity index (χ1v) is 11.8. The molecule has 0 unspecified atom stereocenters. The Labute approximate surface area is 195 Å². The van der Waals surface area contributed by atoms with Gasteiger partial charge in [-0.25, -0.2) is 4.79 Å². The van der Waals surface area contributed by atoms with Crippen molar-refractivity contribution in [3.63, 3.8) is 0 Å². The second-order valence-electron chi connectivity index (χ2n) is 9.01. The second kappa shape index (κ2) is 10.2. The van der Waals surface area contributed by atoms with Gasteiger partial charge in [-0.05, 0) is 55.0 Å². The molecule has 0 spiro atoms. The smallest absolute Gasteiger partial charge is 0.337 e. The number of allylic oxidation sites excluding steroid dienone is 1. The monoisotopic (exact) mass is 445 g/mol. The van der Waals surface area contributed by atoms with Gasteiger partial charge in [-0.15, -0.1) is 0 Å². The van der Waals surface area contributed by atoms with Crippen LogP contribution in [-0.2, 0) is 26.2 Å². The van der Waals surface area contributed by atoms with Crippen molar-refractivity contribution in [2.45, 2.75) is 56.4 Å². The summed E-state index contributed by atoms with van der Waals surface area (Å²) in [6.07, 6.45) is 9.52. The van der Waals surface area contributed by atoms with E-state index in [2.05, 4.69) is 12.1 Å². The minimum Gasteiger partial charge on any atom is -0.465 e. The Morgan fingerprint density at radius 1 is 1.06 bits per heavy atom. The van der Waals surface area contributed by atoms with Crippen LogP contribution in [0.2, 0.25) is 0 Å². The summed E-state index contributed by atoms with van der Waals surface area (Å²) in [7, 11) is 1.36. The van der Waals surface area contributed by atoms with Crippen molar-refractivity contribution in [1.29, 1.82) is 0 Å². The van der Waals surface area contributed by atoms with Gasteiger partial charge in [0.1, 0.15) is 0 Å². The number of nitrogens with zero attached hydrogens (tertiary/aromatic N) is 1. The van der Waals surface area contributed by atoms with Crippen molar-refractivity contribution < 1.29 is 19.1 Å². The quantitative estimate of drug-likeness (QED) is 0.439. The molecule has 2 fully saturated rings. The number of ketones is 1. The van der Waals surface area contributed by atoms with Crippen LogP contribution < -0.4 is 0 Å². The first-order valence-electron chi connectivity index (χ1n) is 11.8. The maximum atomic E-state index is 13.4. The number of carbonyl (C=O) groups is 3. The molecule has 33 heavy (non-hydrogen) atoms. The number of esters is 1. The fraction of sp³-hybridized carbons (Fsp3) is 0.393. The molecule has 1 heterocycles. The van der Waals surface area contributed by atoms with E-state index in [-0.39, 0.29) is 23.7 Å². The Bertz CT molecular complexity index is 1020. The van der Waals surface area contributed by atoms with Crippen LogP contribution in [0, 0.1) is 0 Å². The predicted molar refractivity (Wildman–Crippen MR) is 127 cm³/mol. The van der Waals surface area contributed by atoms with E-state index in [1.165, 1.54) is 7.11 Å². The van der Waals surface area contributed by atoms with Crippen LogP contribution in [-0.4, -0.2) is 42.3 Å². The number of rotatable bonds is 8. The lowest BCUT2D eigenvalue weighted by molar-refractivity contribution is -0.128. The summed E-state index contributed by atoms with van der Waals surface area (Å²) in [4.78, 5) is 39.4. The molecule has 1 saturated carbocycles. The second-order valence-corrected chi connectivity index (χ2v) is 9.01. The highest BCUT2D eigenvalue weighted by Crippen LogP contribution is 2.42. The van der Waals surface area contributed by atoms with E-state index >= 15 is 0 Å². The Kier molecular flexibility index (Phi) is 7.07. The Morgan fingerprint density at radius 3 is 2.42 bits per heavy atom. The maximum Gasteiger partial charge on any atom is 0.337 e. The highest BCUT2D eigenvalue weighted by atomic mass is 16.5. The average Bonchev–Trinajstić information content (AvgIpc) is 3.49. The SMILES string of the molecule is COC(=O)c1ccc(CCN2C(=O)CC[C@@H]2C=CC(=O)C2(c3ccccc3)CCCC2)cc1. The van der Waals surface area contributed by atoms with Gasteiger partial charge >= 0.3 is 5.97 Å². The lowest BCUT2D eigenvalue weighted by Gasteiger charge is -2.27. The predicted octanol–water partition coefficient (Wildman–Crippen LogP) is 4.64. The van der Waals surface area contributed by atoms with Gasteiger partial charge in [-0.1, -0.05) is 61.4 Å². The number of hydrogen-bond donors (Lipinski definition) is 0. The van der Waals surface area contributed by atoms with Gasteiger partial charge in [-0.3, -0.25) is 9.59 Å². The van der Waals surface area contributed by atoms with Crippen LogP contribution >= 0.6 is 0 Å². The van der Waals surface area contributed by atoms with E-state index in [0.29, 0.717) is 24.9 Å². The van der Waals surface area contributed by atoms with Gasteiger partial charge in [0.15, 0.2) is 5.78 Å². The fourth-order valence-electron chi connectivity index (χ4n) is 5.19. The number of methoxy groups -OCH3 is 1. The topological polar surface area (TPSA) is 63.7 Å². The minimum absolute atomic E-state index is 0.0509. The first-order chi connectivity index (χ1) is 16.0. The lowest BCUT2D eigenvalue weighted by Crippen LogP contribution is -2.35. The van der Waals surface area contributed by atoms with E-state index in [1.54, 1.807) is 18.2 Å². The van der Waals surface area contributed by atoms with Gasteiger partial charge in [0.25, 0.3) is 0 Å². The lowest BCUT2D eigenvalue weighted by atomic mass is 9.75. The summed E-state index contributed by atoms with van der Waals surface area (Å²) in [5.41, 5.74) is 2.24. The van der Waals surface area contributed by atoms with E-state index in [9.17, 15) is 14.4 Å². The van der Waals surface area contributed by atoms with Crippen LogP contribution in [0.3, 0.4) is 0 Å². The first kappa shape index (κ1) is 23.0. The zero-order valence-corrected chi connectivity index (χ0v) is 19.2. The Morgan fingerprint density at radius 2 is 1.76 bits per heavy atom. The molecule has 5 heteroatoms. The van der Waals surface area contributed by atoms with Crippen molar-refractivity contribution >= 4 is 17.7 Å². The molecule has 1 aliphatic carbocycles. The molecule has 0 aromatic heterocycles. The summed E-state index contributed by atoms with van der Waals surface area (Å²) in [6.45, 7) is 0.587. The molecule has 0 radical (unpaired) electrons. The van der Waals surface area contributed by atoms with Crippen LogP contribution in [0.25, 0.3) is 0 Å². The van der Waals surface area contributed by atoms with Gasteiger partial charge in [0.05, 0.1) is 24.1 Å². The number of benzene rings is 2. The zero-order valence-electron chi connectivity index (χ0n) is 19.2. The van der Waals surface area contributed by atoms with Gasteiger partial charge in [0, 0.05) is 13.0 Å². The molecule has 0 N–H and O–H groups in total. The van der Waals surface area contributed by atoms with Gasteiger partial charge in [0.2, 0.25) is 5.91 Å². The van der Waals surface area contributed by atoms with Gasteiger partial charge < -0.3 is 9.64 Å². The molecule has 1 saturated heterocycles. The highest BCUT2D eigenvalue weighted by Gasteiger charge is 2.41. The molecule has 5 nitrogen and oxygen atoms in total. The molecule has 2 aromatic rings. The van der Waals surface area contributed by atoms with Crippen LogP contribution in [0.4, 0.5) is 0 Å². The molecule has 0 bridgehead atoms. The molecule has 1 aliphatic heterocycles. The van der Waals surface area contributed by atoms with E-state index < -0.39 is 5.41 Å². The summed E-state index contributed by atoms with van der Waals surface area (Å²) < 4.78 is 4.74. The van der Waals surface area contributed by atoms with E-state index in [0.717, 1.165) is 43.2 Å². The summed E-state index contributed by atoms with van der Waals surface area (Å²) in [5, 5.41) is 0. The molecule has 2 aromatic carbocycles. The summed E-state index contributed by atoms with van der Waals surface area (Å²) in [6, 6.07) is 17.3. The molecule has 2 aliphatic rings. The van der Waals surface area contributed by atoms with Gasteiger partial charge in [-0.2, -0.15) is 0 Å². The highest BCUT2D eigenvalue weighted by molar-refractivity contribution is 5.99.